The number of anilines is 1. The highest BCUT2D eigenvalue weighted by molar-refractivity contribution is 7.88. The van der Waals surface area contributed by atoms with Crippen molar-refractivity contribution in [1.82, 2.24) is 9.62 Å². The predicted molar refractivity (Wildman–Crippen MR) is 81.8 cm³/mol. The van der Waals surface area contributed by atoms with E-state index in [-0.39, 0.29) is 5.75 Å². The highest BCUT2D eigenvalue weighted by Crippen LogP contribution is 2.09. The van der Waals surface area contributed by atoms with E-state index in [1.165, 1.54) is 12.8 Å². The van der Waals surface area contributed by atoms with Crippen molar-refractivity contribution >= 4 is 15.7 Å². The minimum Gasteiger partial charge on any atom is -0.399 e. The molecule has 1 aliphatic heterocycles. The quantitative estimate of drug-likeness (QED) is 0.585. The van der Waals surface area contributed by atoms with Crippen molar-refractivity contribution in [2.75, 3.05) is 31.9 Å². The minimum absolute atomic E-state index is 0.0109. The molecule has 112 valence electrons. The lowest BCUT2D eigenvalue weighted by molar-refractivity contribution is 0.334. The third-order valence-electron chi connectivity index (χ3n) is 3.51. The van der Waals surface area contributed by atoms with Crippen LogP contribution >= 0.6 is 0 Å². The first kappa shape index (κ1) is 15.3. The zero-order valence-corrected chi connectivity index (χ0v) is 12.5. The Labute approximate surface area is 121 Å². The summed E-state index contributed by atoms with van der Waals surface area (Å²) in [5.41, 5.74) is 6.98. The van der Waals surface area contributed by atoms with Crippen molar-refractivity contribution in [2.24, 2.45) is 0 Å². The topological polar surface area (TPSA) is 75.4 Å². The van der Waals surface area contributed by atoms with Crippen LogP contribution < -0.4 is 10.5 Å². The molecular formula is C14H23N3O2S. The Morgan fingerprint density at radius 3 is 2.45 bits per heavy atom. The van der Waals surface area contributed by atoms with Gasteiger partial charge in [-0.05, 0) is 56.6 Å². The number of rotatable bonds is 7. The maximum absolute atomic E-state index is 11.9. The Bertz CT molecular complexity index is 508. The Morgan fingerprint density at radius 1 is 1.15 bits per heavy atom. The van der Waals surface area contributed by atoms with Crippen LogP contribution in [0.4, 0.5) is 5.69 Å². The molecule has 6 heteroatoms. The summed E-state index contributed by atoms with van der Waals surface area (Å²) in [6.45, 7) is 3.79. The van der Waals surface area contributed by atoms with E-state index in [9.17, 15) is 8.42 Å². The molecule has 1 heterocycles. The van der Waals surface area contributed by atoms with E-state index in [1.54, 1.807) is 24.3 Å². The summed E-state index contributed by atoms with van der Waals surface area (Å²) in [5, 5.41) is 0. The molecule has 0 aliphatic carbocycles. The average Bonchev–Trinajstić information content (AvgIpc) is 2.90. The maximum Gasteiger partial charge on any atom is 0.215 e. The number of hydrogen-bond donors (Lipinski definition) is 2. The van der Waals surface area contributed by atoms with E-state index >= 15 is 0 Å². The maximum atomic E-state index is 11.9. The Kier molecular flexibility index (Phi) is 5.39. The van der Waals surface area contributed by atoms with Gasteiger partial charge in [-0.25, -0.2) is 13.1 Å². The molecule has 0 saturated carbocycles. The van der Waals surface area contributed by atoms with E-state index in [1.807, 2.05) is 0 Å². The van der Waals surface area contributed by atoms with Gasteiger partial charge in [0.15, 0.2) is 0 Å². The highest BCUT2D eigenvalue weighted by atomic mass is 32.2. The molecule has 2 rings (SSSR count). The number of nitrogens with two attached hydrogens (primary N) is 1. The van der Waals surface area contributed by atoms with E-state index in [0.29, 0.717) is 12.2 Å². The number of likely N-dealkylation sites (tertiary alicyclic amines) is 1. The standard InChI is InChI=1S/C14H23N3O2S/c15-14-6-4-13(5-7-14)12-20(18,19)16-8-3-11-17-9-1-2-10-17/h4-7,16H,1-3,8-12,15H2. The second-order valence-electron chi connectivity index (χ2n) is 5.30. The van der Waals surface area contributed by atoms with Gasteiger partial charge in [0.2, 0.25) is 10.0 Å². The normalized spacial score (nSPS) is 16.6. The van der Waals surface area contributed by atoms with E-state index < -0.39 is 10.0 Å². The molecule has 0 amide bonds. The van der Waals surface area contributed by atoms with Gasteiger partial charge in [-0.3, -0.25) is 0 Å². The molecule has 3 N–H and O–H groups in total. The molecular weight excluding hydrogens is 274 g/mol. The van der Waals surface area contributed by atoms with Crippen molar-refractivity contribution in [1.29, 1.82) is 0 Å². The lowest BCUT2D eigenvalue weighted by Gasteiger charge is -2.14. The summed E-state index contributed by atoms with van der Waals surface area (Å²) >= 11 is 0. The molecule has 1 saturated heterocycles. The van der Waals surface area contributed by atoms with Crippen LogP contribution in [-0.2, 0) is 15.8 Å². The Balaban J connectivity index is 1.71. The van der Waals surface area contributed by atoms with Crippen molar-refractivity contribution in [3.63, 3.8) is 0 Å². The Hall–Kier alpha value is -1.11. The number of sulfonamides is 1. The average molecular weight is 297 g/mol. The largest absolute Gasteiger partial charge is 0.399 e. The number of nitrogen functional groups attached to an aromatic ring is 1. The van der Waals surface area contributed by atoms with Gasteiger partial charge < -0.3 is 10.6 Å². The fourth-order valence-electron chi connectivity index (χ4n) is 2.42. The van der Waals surface area contributed by atoms with Crippen LogP contribution in [0.25, 0.3) is 0 Å². The van der Waals surface area contributed by atoms with Crippen LogP contribution in [0.5, 0.6) is 0 Å². The first-order valence-corrected chi connectivity index (χ1v) is 8.74. The van der Waals surface area contributed by atoms with Crippen molar-refractivity contribution < 1.29 is 8.42 Å². The number of hydrogen-bond acceptors (Lipinski definition) is 4. The lowest BCUT2D eigenvalue weighted by Crippen LogP contribution is -2.29. The van der Waals surface area contributed by atoms with E-state index in [4.69, 9.17) is 5.73 Å². The van der Waals surface area contributed by atoms with Crippen LogP contribution in [0.1, 0.15) is 24.8 Å². The van der Waals surface area contributed by atoms with Crippen molar-refractivity contribution in [3.05, 3.63) is 29.8 Å². The van der Waals surface area contributed by atoms with Crippen LogP contribution in [0.2, 0.25) is 0 Å². The van der Waals surface area contributed by atoms with Crippen LogP contribution in [0.3, 0.4) is 0 Å². The molecule has 0 atom stereocenters. The monoisotopic (exact) mass is 297 g/mol. The second-order valence-corrected chi connectivity index (χ2v) is 7.10. The van der Waals surface area contributed by atoms with Crippen molar-refractivity contribution in [3.8, 4) is 0 Å². The summed E-state index contributed by atoms with van der Waals surface area (Å²) in [6, 6.07) is 6.94. The van der Waals surface area contributed by atoms with Crippen LogP contribution in [-0.4, -0.2) is 39.5 Å². The van der Waals surface area contributed by atoms with Gasteiger partial charge >= 0.3 is 0 Å². The molecule has 5 nitrogen and oxygen atoms in total. The molecule has 0 bridgehead atoms. The molecule has 1 aliphatic rings. The van der Waals surface area contributed by atoms with Gasteiger partial charge in [-0.2, -0.15) is 0 Å². The van der Waals surface area contributed by atoms with Gasteiger partial charge in [0.1, 0.15) is 0 Å². The molecule has 0 spiro atoms. The van der Waals surface area contributed by atoms with E-state index in [0.717, 1.165) is 31.6 Å². The van der Waals surface area contributed by atoms with E-state index in [2.05, 4.69) is 9.62 Å². The minimum atomic E-state index is -3.25. The van der Waals surface area contributed by atoms with Crippen LogP contribution in [0, 0.1) is 0 Å². The van der Waals surface area contributed by atoms with Gasteiger partial charge in [-0.15, -0.1) is 0 Å². The summed E-state index contributed by atoms with van der Waals surface area (Å²) in [7, 11) is -3.25. The van der Waals surface area contributed by atoms with Gasteiger partial charge in [0.25, 0.3) is 0 Å². The first-order chi connectivity index (χ1) is 9.55. The molecule has 1 fully saturated rings. The highest BCUT2D eigenvalue weighted by Gasteiger charge is 2.13. The molecule has 20 heavy (non-hydrogen) atoms. The van der Waals surface area contributed by atoms with Crippen molar-refractivity contribution in [2.45, 2.75) is 25.0 Å². The Morgan fingerprint density at radius 2 is 1.80 bits per heavy atom. The fourth-order valence-corrected chi connectivity index (χ4v) is 3.61. The van der Waals surface area contributed by atoms with Gasteiger partial charge in [-0.1, -0.05) is 12.1 Å². The number of benzene rings is 1. The third kappa shape index (κ3) is 5.11. The third-order valence-corrected chi connectivity index (χ3v) is 4.87. The zero-order chi connectivity index (χ0) is 14.4. The number of nitrogens with one attached hydrogen (secondary N) is 1. The molecule has 1 aromatic carbocycles. The molecule has 0 aromatic heterocycles. The smallest absolute Gasteiger partial charge is 0.215 e. The zero-order valence-electron chi connectivity index (χ0n) is 11.7. The van der Waals surface area contributed by atoms with Gasteiger partial charge in [0.05, 0.1) is 5.75 Å². The van der Waals surface area contributed by atoms with Crippen LogP contribution in [0.15, 0.2) is 24.3 Å². The summed E-state index contributed by atoms with van der Waals surface area (Å²) in [6.07, 6.45) is 3.40. The lowest BCUT2D eigenvalue weighted by atomic mass is 10.2. The SMILES string of the molecule is Nc1ccc(CS(=O)(=O)NCCCN2CCCC2)cc1. The second kappa shape index (κ2) is 7.06. The summed E-state index contributed by atoms with van der Waals surface area (Å²) in [4.78, 5) is 2.38. The first-order valence-electron chi connectivity index (χ1n) is 7.09. The predicted octanol–water partition coefficient (Wildman–Crippen LogP) is 1.17. The fraction of sp³-hybridized carbons (Fsp3) is 0.571. The summed E-state index contributed by atoms with van der Waals surface area (Å²) in [5.74, 6) is 0.0109. The molecule has 1 aromatic rings. The van der Waals surface area contributed by atoms with Gasteiger partial charge in [0, 0.05) is 12.2 Å². The summed E-state index contributed by atoms with van der Waals surface area (Å²) < 4.78 is 26.5. The molecule has 0 unspecified atom stereocenters. The number of nitrogens with zero attached hydrogens (tertiary/aromatic N) is 1. The molecule has 0 radical (unpaired) electrons.